The zero-order chi connectivity index (χ0) is 16.9. The first-order valence-electron chi connectivity index (χ1n) is 7.83. The third-order valence-corrected chi connectivity index (χ3v) is 5.17. The van der Waals surface area contributed by atoms with E-state index >= 15 is 0 Å². The number of hydrogen-bond donors (Lipinski definition) is 2. The molecule has 1 aromatic carbocycles. The first-order valence-corrected chi connectivity index (χ1v) is 9.27. The fraction of sp³-hybridized carbons (Fsp3) is 0.647. The van der Waals surface area contributed by atoms with Gasteiger partial charge in [0.15, 0.2) is 0 Å². The Morgan fingerprint density at radius 1 is 1.14 bits per heavy atom. The third-order valence-electron chi connectivity index (χ3n) is 4.31. The summed E-state index contributed by atoms with van der Waals surface area (Å²) in [6.45, 7) is 8.50. The van der Waals surface area contributed by atoms with Crippen LogP contribution in [-0.4, -0.2) is 24.2 Å². The first kappa shape index (κ1) is 19.1. The Balaban J connectivity index is 0.000000220. The highest BCUT2D eigenvalue weighted by molar-refractivity contribution is 7.85. The second kappa shape index (κ2) is 8.09. The molecule has 1 fully saturated rings. The SMILES string of the molecule is CC(C)[C@H]1CC[C@H](C)C[C@@H]1O.Cc1ccc(S(=O)(=O)O)cc1. The molecule has 0 heterocycles. The molecule has 0 spiro atoms. The van der Waals surface area contributed by atoms with E-state index in [1.54, 1.807) is 12.1 Å². The highest BCUT2D eigenvalue weighted by Crippen LogP contribution is 2.33. The van der Waals surface area contributed by atoms with Gasteiger partial charge < -0.3 is 5.11 Å². The zero-order valence-electron chi connectivity index (χ0n) is 13.9. The van der Waals surface area contributed by atoms with Crippen LogP contribution in [0.2, 0.25) is 0 Å². The van der Waals surface area contributed by atoms with Crippen LogP contribution in [0.5, 0.6) is 0 Å². The summed E-state index contributed by atoms with van der Waals surface area (Å²) < 4.78 is 29.6. The molecule has 4 nitrogen and oxygen atoms in total. The Kier molecular flexibility index (Phi) is 7.03. The maximum absolute atomic E-state index is 10.5. The lowest BCUT2D eigenvalue weighted by Gasteiger charge is -2.33. The summed E-state index contributed by atoms with van der Waals surface area (Å²) in [5, 5.41) is 9.71. The summed E-state index contributed by atoms with van der Waals surface area (Å²) >= 11 is 0. The van der Waals surface area contributed by atoms with E-state index in [9.17, 15) is 13.5 Å². The lowest BCUT2D eigenvalue weighted by atomic mass is 9.75. The van der Waals surface area contributed by atoms with E-state index in [0.717, 1.165) is 17.9 Å². The average molecular weight is 328 g/mol. The van der Waals surface area contributed by atoms with Gasteiger partial charge in [-0.15, -0.1) is 0 Å². The molecule has 1 aliphatic carbocycles. The van der Waals surface area contributed by atoms with Crippen LogP contribution >= 0.6 is 0 Å². The molecule has 2 rings (SSSR count). The van der Waals surface area contributed by atoms with E-state index < -0.39 is 10.1 Å². The van der Waals surface area contributed by atoms with Crippen LogP contribution in [0.3, 0.4) is 0 Å². The lowest BCUT2D eigenvalue weighted by Crippen LogP contribution is -2.31. The summed E-state index contributed by atoms with van der Waals surface area (Å²) in [7, 11) is -4.02. The molecule has 0 radical (unpaired) electrons. The van der Waals surface area contributed by atoms with Crippen LogP contribution in [0.25, 0.3) is 0 Å². The monoisotopic (exact) mass is 328 g/mol. The van der Waals surface area contributed by atoms with E-state index in [2.05, 4.69) is 20.8 Å². The Morgan fingerprint density at radius 2 is 1.68 bits per heavy atom. The highest BCUT2D eigenvalue weighted by Gasteiger charge is 2.28. The smallest absolute Gasteiger partial charge is 0.294 e. The van der Waals surface area contributed by atoms with Gasteiger partial charge in [-0.1, -0.05) is 44.9 Å². The third kappa shape index (κ3) is 6.07. The van der Waals surface area contributed by atoms with Crippen molar-refractivity contribution in [3.63, 3.8) is 0 Å². The van der Waals surface area contributed by atoms with Crippen molar-refractivity contribution in [3.8, 4) is 0 Å². The molecule has 1 aromatic rings. The molecule has 0 aromatic heterocycles. The predicted octanol–water partition coefficient (Wildman–Crippen LogP) is 3.68. The van der Waals surface area contributed by atoms with Crippen LogP contribution in [0, 0.1) is 24.7 Å². The van der Waals surface area contributed by atoms with Gasteiger partial charge in [-0.3, -0.25) is 4.55 Å². The van der Waals surface area contributed by atoms with Crippen LogP contribution in [0.4, 0.5) is 0 Å². The van der Waals surface area contributed by atoms with Crippen LogP contribution in [-0.2, 0) is 10.1 Å². The van der Waals surface area contributed by atoms with Gasteiger partial charge in [-0.05, 0) is 49.7 Å². The molecule has 1 saturated carbocycles. The Bertz CT molecular complexity index is 549. The molecule has 0 aliphatic heterocycles. The fourth-order valence-corrected chi connectivity index (χ4v) is 3.34. The van der Waals surface area contributed by atoms with Crippen LogP contribution in [0.15, 0.2) is 29.2 Å². The van der Waals surface area contributed by atoms with E-state index in [1.807, 2.05) is 6.92 Å². The van der Waals surface area contributed by atoms with Crippen LogP contribution < -0.4 is 0 Å². The van der Waals surface area contributed by atoms with Gasteiger partial charge >= 0.3 is 0 Å². The molecule has 5 heteroatoms. The standard InChI is InChI=1S/C10H20O.C7H8O3S/c1-7(2)9-5-4-8(3)6-10(9)11;1-6-2-4-7(5-3-6)11(8,9)10/h7-11H,4-6H2,1-3H3;2-5H,1H3,(H,8,9,10)/t8-,9+,10-;/m0./s1. The van der Waals surface area contributed by atoms with Crippen molar-refractivity contribution < 1.29 is 18.1 Å². The predicted molar refractivity (Wildman–Crippen MR) is 88.3 cm³/mol. The second-order valence-electron chi connectivity index (χ2n) is 6.68. The minimum atomic E-state index is -4.02. The Morgan fingerprint density at radius 3 is 2.09 bits per heavy atom. The normalized spacial score (nSPS) is 25.5. The van der Waals surface area contributed by atoms with E-state index in [1.165, 1.54) is 25.0 Å². The Labute approximate surface area is 134 Å². The fourth-order valence-electron chi connectivity index (χ4n) is 2.86. The molecule has 2 N–H and O–H groups in total. The maximum atomic E-state index is 10.5. The summed E-state index contributed by atoms with van der Waals surface area (Å²) in [5.74, 6) is 1.95. The van der Waals surface area contributed by atoms with Crippen molar-refractivity contribution in [1.82, 2.24) is 0 Å². The largest absolute Gasteiger partial charge is 0.393 e. The molecule has 0 unspecified atom stereocenters. The van der Waals surface area contributed by atoms with E-state index in [-0.39, 0.29) is 11.0 Å². The van der Waals surface area contributed by atoms with Crippen molar-refractivity contribution in [2.24, 2.45) is 17.8 Å². The molecular formula is C17H28O4S. The number of hydrogen-bond acceptors (Lipinski definition) is 3. The van der Waals surface area contributed by atoms with E-state index in [0.29, 0.717) is 11.8 Å². The number of aliphatic hydroxyl groups is 1. The van der Waals surface area contributed by atoms with Crippen molar-refractivity contribution in [2.75, 3.05) is 0 Å². The van der Waals surface area contributed by atoms with Gasteiger partial charge in [-0.25, -0.2) is 0 Å². The van der Waals surface area contributed by atoms with Gasteiger partial charge in [0.1, 0.15) is 0 Å². The molecule has 0 amide bonds. The van der Waals surface area contributed by atoms with E-state index in [4.69, 9.17) is 4.55 Å². The first-order chi connectivity index (χ1) is 10.1. The quantitative estimate of drug-likeness (QED) is 0.812. The van der Waals surface area contributed by atoms with Gasteiger partial charge in [0.2, 0.25) is 0 Å². The van der Waals surface area contributed by atoms with Gasteiger partial charge in [0, 0.05) is 0 Å². The second-order valence-corrected chi connectivity index (χ2v) is 8.10. The minimum absolute atomic E-state index is 0.0289. The Hall–Kier alpha value is -0.910. The molecule has 3 atom stereocenters. The number of aryl methyl sites for hydroxylation is 1. The average Bonchev–Trinajstić information content (AvgIpc) is 2.38. The van der Waals surface area contributed by atoms with Crippen molar-refractivity contribution >= 4 is 10.1 Å². The highest BCUT2D eigenvalue weighted by atomic mass is 32.2. The summed E-state index contributed by atoms with van der Waals surface area (Å²) in [5.41, 5.74) is 0.956. The van der Waals surface area contributed by atoms with Crippen molar-refractivity contribution in [3.05, 3.63) is 29.8 Å². The molecular weight excluding hydrogens is 300 g/mol. The molecule has 126 valence electrons. The van der Waals surface area contributed by atoms with Gasteiger partial charge in [0.25, 0.3) is 10.1 Å². The van der Waals surface area contributed by atoms with Crippen LogP contribution in [0.1, 0.15) is 45.6 Å². The summed E-state index contributed by atoms with van der Waals surface area (Å²) in [6.07, 6.45) is 3.52. The summed E-state index contributed by atoms with van der Waals surface area (Å²) in [4.78, 5) is -0.0666. The lowest BCUT2D eigenvalue weighted by molar-refractivity contribution is 0.0266. The number of aliphatic hydroxyl groups excluding tert-OH is 1. The number of benzene rings is 1. The number of rotatable bonds is 2. The molecule has 22 heavy (non-hydrogen) atoms. The molecule has 1 aliphatic rings. The topological polar surface area (TPSA) is 74.6 Å². The minimum Gasteiger partial charge on any atom is -0.393 e. The van der Waals surface area contributed by atoms with Crippen molar-refractivity contribution in [2.45, 2.75) is 58.0 Å². The summed E-state index contributed by atoms with van der Waals surface area (Å²) in [6, 6.07) is 5.99. The van der Waals surface area contributed by atoms with Crippen molar-refractivity contribution in [1.29, 1.82) is 0 Å². The van der Waals surface area contributed by atoms with Gasteiger partial charge in [-0.2, -0.15) is 8.42 Å². The molecule has 0 saturated heterocycles. The molecule has 0 bridgehead atoms. The zero-order valence-corrected chi connectivity index (χ0v) is 14.7. The van der Waals surface area contributed by atoms with Gasteiger partial charge in [0.05, 0.1) is 11.0 Å². The maximum Gasteiger partial charge on any atom is 0.294 e.